The van der Waals surface area contributed by atoms with E-state index in [1.165, 1.54) is 10.4 Å². The molecule has 0 spiro atoms. The molecule has 0 radical (unpaired) electrons. The van der Waals surface area contributed by atoms with Crippen LogP contribution in [0.4, 0.5) is 0 Å². The summed E-state index contributed by atoms with van der Waals surface area (Å²) in [5, 5.41) is 5.74. The van der Waals surface area contributed by atoms with Gasteiger partial charge in [0.05, 0.1) is 0 Å². The maximum Gasteiger partial charge on any atom is 0.0391 e. The van der Waals surface area contributed by atoms with Crippen molar-refractivity contribution in [1.82, 2.24) is 5.32 Å². The summed E-state index contributed by atoms with van der Waals surface area (Å²) < 4.78 is 1.13. The molecule has 3 heteroatoms. The maximum absolute atomic E-state index is 3.62. The molecule has 1 nitrogen and oxygen atoms in total. The quantitative estimate of drug-likeness (QED) is 0.845. The zero-order valence-corrected chi connectivity index (χ0v) is 12.4. The van der Waals surface area contributed by atoms with Gasteiger partial charge in [0.2, 0.25) is 0 Å². The van der Waals surface area contributed by atoms with Crippen molar-refractivity contribution in [3.63, 3.8) is 0 Å². The molecule has 0 aliphatic carbocycles. The van der Waals surface area contributed by atoms with Gasteiger partial charge in [0.15, 0.2) is 0 Å². The average Bonchev–Trinajstić information content (AvgIpc) is 2.82. The third-order valence-corrected chi connectivity index (χ3v) is 4.37. The van der Waals surface area contributed by atoms with Crippen LogP contribution in [-0.4, -0.2) is 0 Å². The summed E-state index contributed by atoms with van der Waals surface area (Å²) in [5.41, 5.74) is 1.31. The van der Waals surface area contributed by atoms with Gasteiger partial charge in [-0.05, 0) is 43.0 Å². The van der Waals surface area contributed by atoms with Crippen LogP contribution >= 0.6 is 27.3 Å². The van der Waals surface area contributed by atoms with Crippen LogP contribution in [0.3, 0.4) is 0 Å². The number of halogens is 1. The number of hydrogen-bond acceptors (Lipinski definition) is 2. The molecule has 2 atom stereocenters. The summed E-state index contributed by atoms with van der Waals surface area (Å²) >= 11 is 5.31. The lowest BCUT2D eigenvalue weighted by Crippen LogP contribution is -2.21. The van der Waals surface area contributed by atoms with Gasteiger partial charge in [0.1, 0.15) is 0 Å². The van der Waals surface area contributed by atoms with E-state index in [9.17, 15) is 0 Å². The van der Waals surface area contributed by atoms with Crippen molar-refractivity contribution in [2.45, 2.75) is 25.9 Å². The first-order chi connectivity index (χ1) is 8.16. The van der Waals surface area contributed by atoms with Gasteiger partial charge in [0.25, 0.3) is 0 Å². The van der Waals surface area contributed by atoms with Gasteiger partial charge in [-0.3, -0.25) is 0 Å². The molecule has 0 aliphatic heterocycles. The monoisotopic (exact) mass is 309 g/mol. The van der Waals surface area contributed by atoms with Crippen LogP contribution in [-0.2, 0) is 0 Å². The molecule has 0 saturated carbocycles. The van der Waals surface area contributed by atoms with Gasteiger partial charge in [-0.2, -0.15) is 0 Å². The maximum atomic E-state index is 3.62. The summed E-state index contributed by atoms with van der Waals surface area (Å²) in [6, 6.07) is 13.5. The Bertz CT molecular complexity index is 467. The van der Waals surface area contributed by atoms with E-state index in [4.69, 9.17) is 0 Å². The number of rotatable bonds is 4. The Labute approximate surface area is 115 Å². The zero-order chi connectivity index (χ0) is 12.3. The highest BCUT2D eigenvalue weighted by atomic mass is 79.9. The summed E-state index contributed by atoms with van der Waals surface area (Å²) in [6.45, 7) is 4.41. The third-order valence-electron chi connectivity index (χ3n) is 2.82. The van der Waals surface area contributed by atoms with Crippen molar-refractivity contribution in [2.75, 3.05) is 0 Å². The molecule has 2 aromatic rings. The standard InChI is InChI=1S/C14H16BrNS/c1-10(12-5-3-6-13(15)9-12)16-11(2)14-7-4-8-17-14/h3-11,16H,1-2H3/t10-,11+/m0/s1. The van der Waals surface area contributed by atoms with Crippen LogP contribution in [0.1, 0.15) is 36.4 Å². The topological polar surface area (TPSA) is 12.0 Å². The molecule has 0 unspecified atom stereocenters. The average molecular weight is 310 g/mol. The van der Waals surface area contributed by atoms with E-state index in [-0.39, 0.29) is 0 Å². The zero-order valence-electron chi connectivity index (χ0n) is 9.98. The van der Waals surface area contributed by atoms with Crippen LogP contribution < -0.4 is 5.32 Å². The van der Waals surface area contributed by atoms with Crippen molar-refractivity contribution in [3.05, 3.63) is 56.7 Å². The second-order valence-corrected chi connectivity index (χ2v) is 6.08. The molecular formula is C14H16BrNS. The minimum absolute atomic E-state index is 0.351. The largest absolute Gasteiger partial charge is 0.303 e. The Kier molecular flexibility index (Phi) is 4.37. The lowest BCUT2D eigenvalue weighted by atomic mass is 10.1. The van der Waals surface area contributed by atoms with E-state index < -0.39 is 0 Å². The van der Waals surface area contributed by atoms with Gasteiger partial charge >= 0.3 is 0 Å². The highest BCUT2D eigenvalue weighted by molar-refractivity contribution is 9.10. The highest BCUT2D eigenvalue weighted by Crippen LogP contribution is 2.23. The summed E-state index contributed by atoms with van der Waals surface area (Å²) in [5.74, 6) is 0. The third kappa shape index (κ3) is 3.41. The highest BCUT2D eigenvalue weighted by Gasteiger charge is 2.11. The van der Waals surface area contributed by atoms with E-state index in [2.05, 4.69) is 76.9 Å². The number of thiophene rings is 1. The van der Waals surface area contributed by atoms with E-state index in [0.717, 1.165) is 4.47 Å². The van der Waals surface area contributed by atoms with Gasteiger partial charge in [0, 0.05) is 21.4 Å². The molecule has 1 aromatic carbocycles. The first-order valence-electron chi connectivity index (χ1n) is 5.71. The molecule has 1 N–H and O–H groups in total. The van der Waals surface area contributed by atoms with Crippen molar-refractivity contribution in [3.8, 4) is 0 Å². The summed E-state index contributed by atoms with van der Waals surface area (Å²) in [4.78, 5) is 1.38. The van der Waals surface area contributed by atoms with E-state index in [1.807, 2.05) is 0 Å². The first kappa shape index (κ1) is 12.8. The van der Waals surface area contributed by atoms with Crippen molar-refractivity contribution >= 4 is 27.3 Å². The van der Waals surface area contributed by atoms with Crippen LogP contribution in [0.2, 0.25) is 0 Å². The first-order valence-corrected chi connectivity index (χ1v) is 7.39. The Balaban J connectivity index is 2.04. The molecule has 0 fully saturated rings. The van der Waals surface area contributed by atoms with Crippen LogP contribution in [0, 0.1) is 0 Å². The van der Waals surface area contributed by atoms with Crippen molar-refractivity contribution in [2.24, 2.45) is 0 Å². The Morgan fingerprint density at radius 2 is 1.94 bits per heavy atom. The fraction of sp³-hybridized carbons (Fsp3) is 0.286. The second-order valence-electron chi connectivity index (χ2n) is 4.18. The second kappa shape index (κ2) is 5.80. The fourth-order valence-electron chi connectivity index (χ4n) is 1.87. The van der Waals surface area contributed by atoms with Crippen LogP contribution in [0.15, 0.2) is 46.3 Å². The van der Waals surface area contributed by atoms with E-state index in [0.29, 0.717) is 12.1 Å². The summed E-state index contributed by atoms with van der Waals surface area (Å²) in [7, 11) is 0. The van der Waals surface area contributed by atoms with Crippen LogP contribution in [0.25, 0.3) is 0 Å². The predicted molar refractivity (Wildman–Crippen MR) is 78.4 cm³/mol. The molecule has 0 aliphatic rings. The van der Waals surface area contributed by atoms with Gasteiger partial charge in [-0.1, -0.05) is 34.1 Å². The molecule has 0 amide bonds. The Morgan fingerprint density at radius 3 is 2.59 bits per heavy atom. The molecule has 2 rings (SSSR count). The van der Waals surface area contributed by atoms with Gasteiger partial charge < -0.3 is 5.32 Å². The minimum atomic E-state index is 0.351. The van der Waals surface area contributed by atoms with Crippen molar-refractivity contribution in [1.29, 1.82) is 0 Å². The molecule has 1 aromatic heterocycles. The number of nitrogens with one attached hydrogen (secondary N) is 1. The van der Waals surface area contributed by atoms with Gasteiger partial charge in [-0.15, -0.1) is 11.3 Å². The normalized spacial score (nSPS) is 14.5. The SMILES string of the molecule is C[C@H](N[C@H](C)c1cccs1)c1cccc(Br)c1. The van der Waals surface area contributed by atoms with E-state index >= 15 is 0 Å². The molecular weight excluding hydrogens is 294 g/mol. The lowest BCUT2D eigenvalue weighted by molar-refractivity contribution is 0.500. The smallest absolute Gasteiger partial charge is 0.0391 e. The molecule has 90 valence electrons. The Morgan fingerprint density at radius 1 is 1.12 bits per heavy atom. The molecule has 0 saturated heterocycles. The summed E-state index contributed by atoms with van der Waals surface area (Å²) in [6.07, 6.45) is 0. The number of benzene rings is 1. The Hall–Kier alpha value is -0.640. The molecule has 17 heavy (non-hydrogen) atoms. The molecule has 1 heterocycles. The van der Waals surface area contributed by atoms with Gasteiger partial charge in [-0.25, -0.2) is 0 Å². The van der Waals surface area contributed by atoms with Crippen molar-refractivity contribution < 1.29 is 0 Å². The molecule has 0 bridgehead atoms. The fourth-order valence-corrected chi connectivity index (χ4v) is 3.03. The van der Waals surface area contributed by atoms with E-state index in [1.54, 1.807) is 11.3 Å². The minimum Gasteiger partial charge on any atom is -0.303 e. The van der Waals surface area contributed by atoms with Crippen LogP contribution in [0.5, 0.6) is 0 Å². The predicted octanol–water partition coefficient (Wildman–Crippen LogP) is 4.92. The number of hydrogen-bond donors (Lipinski definition) is 1. The lowest BCUT2D eigenvalue weighted by Gasteiger charge is -2.19.